The number of methoxy groups -OCH3 is 3. The van der Waals surface area contributed by atoms with Crippen LogP contribution < -0.4 is 15.2 Å². The van der Waals surface area contributed by atoms with Gasteiger partial charge in [-0.15, -0.1) is 11.3 Å². The van der Waals surface area contributed by atoms with Crippen molar-refractivity contribution in [1.29, 1.82) is 0 Å². The number of carbonyl (C=O) groups excluding carboxylic acids is 3. The summed E-state index contributed by atoms with van der Waals surface area (Å²) in [7, 11) is -0.321. The van der Waals surface area contributed by atoms with E-state index in [1.54, 1.807) is 0 Å². The normalized spacial score (nSPS) is 12.0. The van der Waals surface area contributed by atoms with Crippen LogP contribution in [0.15, 0.2) is 29.2 Å². The highest BCUT2D eigenvalue weighted by Gasteiger charge is 2.29. The van der Waals surface area contributed by atoms with Crippen LogP contribution in [0.5, 0.6) is 5.75 Å². The van der Waals surface area contributed by atoms with Crippen molar-refractivity contribution in [3.8, 4) is 5.75 Å². The van der Waals surface area contributed by atoms with Gasteiger partial charge in [0.1, 0.15) is 33.8 Å². The number of nitrogens with two attached hydrogens (primary N) is 1. The standard InChI is InChI=1S/C19H22N2O9S2/c1-10(21-32(25,26)12-7-5-11(27-2)6-8-12)17(22)30-9-13-14(18(23)28-3)16(20)31-15(13)19(24)29-4/h5-8,10,21H,9,20H2,1-4H3. The molecule has 1 aromatic heterocycles. The number of hydrogen-bond donors (Lipinski definition) is 2. The third-order valence-electron chi connectivity index (χ3n) is 4.21. The summed E-state index contributed by atoms with van der Waals surface area (Å²) in [5.41, 5.74) is 5.69. The highest BCUT2D eigenvalue weighted by Crippen LogP contribution is 2.33. The Morgan fingerprint density at radius 3 is 2.19 bits per heavy atom. The molecular weight excluding hydrogens is 464 g/mol. The average molecular weight is 487 g/mol. The van der Waals surface area contributed by atoms with Crippen LogP contribution in [0.2, 0.25) is 0 Å². The third-order valence-corrected chi connectivity index (χ3v) is 6.81. The number of benzene rings is 1. The fraction of sp³-hybridized carbons (Fsp3) is 0.316. The molecule has 0 amide bonds. The van der Waals surface area contributed by atoms with Crippen molar-refractivity contribution in [3.63, 3.8) is 0 Å². The second-order valence-electron chi connectivity index (χ2n) is 6.26. The number of hydrogen-bond acceptors (Lipinski definition) is 11. The van der Waals surface area contributed by atoms with Crippen LogP contribution in [0.1, 0.15) is 32.5 Å². The Bertz CT molecular complexity index is 1110. The first kappa shape index (κ1) is 25.1. The lowest BCUT2D eigenvalue weighted by Crippen LogP contribution is -2.39. The number of esters is 3. The van der Waals surface area contributed by atoms with Crippen LogP contribution in [-0.4, -0.2) is 53.7 Å². The van der Waals surface area contributed by atoms with Crippen LogP contribution >= 0.6 is 11.3 Å². The van der Waals surface area contributed by atoms with E-state index >= 15 is 0 Å². The first-order valence-corrected chi connectivity index (χ1v) is 11.3. The molecule has 1 aromatic carbocycles. The van der Waals surface area contributed by atoms with E-state index in [1.807, 2.05) is 0 Å². The average Bonchev–Trinajstić information content (AvgIpc) is 3.11. The summed E-state index contributed by atoms with van der Waals surface area (Å²) in [6.07, 6.45) is 0. The Labute approximate surface area is 188 Å². The van der Waals surface area contributed by atoms with Gasteiger partial charge >= 0.3 is 17.9 Å². The number of nitrogens with one attached hydrogen (secondary N) is 1. The van der Waals surface area contributed by atoms with Gasteiger partial charge in [0, 0.05) is 5.56 Å². The predicted octanol–water partition coefficient (Wildman–Crippen LogP) is 1.32. The summed E-state index contributed by atoms with van der Waals surface area (Å²) in [6, 6.07) is 4.28. The Morgan fingerprint density at radius 2 is 1.66 bits per heavy atom. The number of nitrogen functional groups attached to an aromatic ring is 1. The number of thiophene rings is 1. The van der Waals surface area contributed by atoms with Gasteiger partial charge < -0.3 is 24.7 Å². The molecule has 0 aliphatic carbocycles. The molecule has 0 aliphatic heterocycles. The second kappa shape index (κ2) is 10.4. The Morgan fingerprint density at radius 1 is 1.06 bits per heavy atom. The molecule has 2 aromatic rings. The molecule has 1 atom stereocenters. The molecule has 32 heavy (non-hydrogen) atoms. The molecule has 13 heteroatoms. The lowest BCUT2D eigenvalue weighted by Gasteiger charge is -2.14. The van der Waals surface area contributed by atoms with Crippen molar-refractivity contribution in [2.75, 3.05) is 27.1 Å². The molecule has 0 bridgehead atoms. The van der Waals surface area contributed by atoms with E-state index in [0.29, 0.717) is 5.75 Å². The topological polar surface area (TPSA) is 160 Å². The van der Waals surface area contributed by atoms with Crippen molar-refractivity contribution in [3.05, 3.63) is 40.3 Å². The van der Waals surface area contributed by atoms with E-state index in [2.05, 4.69) is 14.2 Å². The van der Waals surface area contributed by atoms with Crippen molar-refractivity contribution in [1.82, 2.24) is 4.72 Å². The van der Waals surface area contributed by atoms with Crippen LogP contribution in [-0.2, 0) is 35.6 Å². The zero-order valence-corrected chi connectivity index (χ0v) is 19.3. The fourth-order valence-electron chi connectivity index (χ4n) is 2.58. The first-order valence-electron chi connectivity index (χ1n) is 8.96. The highest BCUT2D eigenvalue weighted by atomic mass is 32.2. The minimum Gasteiger partial charge on any atom is -0.497 e. The molecule has 174 valence electrons. The van der Waals surface area contributed by atoms with E-state index < -0.39 is 40.6 Å². The summed E-state index contributed by atoms with van der Waals surface area (Å²) < 4.78 is 46.6. The minimum atomic E-state index is -4.03. The largest absolute Gasteiger partial charge is 0.497 e. The van der Waals surface area contributed by atoms with Gasteiger partial charge in [-0.1, -0.05) is 0 Å². The van der Waals surface area contributed by atoms with Crippen molar-refractivity contribution in [2.24, 2.45) is 0 Å². The fourth-order valence-corrected chi connectivity index (χ4v) is 4.75. The summed E-state index contributed by atoms with van der Waals surface area (Å²) >= 11 is 0.777. The molecule has 3 N–H and O–H groups in total. The molecule has 0 fully saturated rings. The van der Waals surface area contributed by atoms with E-state index in [-0.39, 0.29) is 25.9 Å². The molecule has 2 rings (SSSR count). The first-order chi connectivity index (χ1) is 15.0. The van der Waals surface area contributed by atoms with E-state index in [9.17, 15) is 22.8 Å². The second-order valence-corrected chi connectivity index (χ2v) is 9.02. The lowest BCUT2D eigenvalue weighted by atomic mass is 10.1. The summed E-state index contributed by atoms with van der Waals surface area (Å²) in [6.45, 7) is 0.754. The highest BCUT2D eigenvalue weighted by molar-refractivity contribution is 7.89. The number of ether oxygens (including phenoxy) is 4. The summed E-state index contributed by atoms with van der Waals surface area (Å²) in [5, 5.41) is -0.0171. The third kappa shape index (κ3) is 5.55. The van der Waals surface area contributed by atoms with Crippen molar-refractivity contribution < 1.29 is 41.7 Å². The molecule has 0 aliphatic rings. The van der Waals surface area contributed by atoms with Gasteiger partial charge in [-0.05, 0) is 31.2 Å². The molecule has 11 nitrogen and oxygen atoms in total. The van der Waals surface area contributed by atoms with Crippen molar-refractivity contribution in [2.45, 2.75) is 24.5 Å². The predicted molar refractivity (Wildman–Crippen MR) is 114 cm³/mol. The smallest absolute Gasteiger partial charge is 0.348 e. The number of carbonyl (C=O) groups is 3. The van der Waals surface area contributed by atoms with Gasteiger partial charge in [0.25, 0.3) is 0 Å². The Kier molecular flexibility index (Phi) is 8.19. The molecule has 0 saturated carbocycles. The van der Waals surface area contributed by atoms with Gasteiger partial charge in [-0.3, -0.25) is 4.79 Å². The Hall–Kier alpha value is -3.16. The molecule has 1 heterocycles. The number of sulfonamides is 1. The maximum atomic E-state index is 12.5. The molecule has 1 unspecified atom stereocenters. The lowest BCUT2D eigenvalue weighted by molar-refractivity contribution is -0.146. The van der Waals surface area contributed by atoms with Gasteiger partial charge in [0.05, 0.1) is 26.2 Å². The van der Waals surface area contributed by atoms with Crippen LogP contribution in [0.3, 0.4) is 0 Å². The zero-order chi connectivity index (χ0) is 24.1. The molecule has 0 spiro atoms. The van der Waals surface area contributed by atoms with Crippen LogP contribution in [0.25, 0.3) is 0 Å². The van der Waals surface area contributed by atoms with E-state index in [4.69, 9.17) is 15.2 Å². The van der Waals surface area contributed by atoms with Gasteiger partial charge in [0.15, 0.2) is 0 Å². The summed E-state index contributed by atoms with van der Waals surface area (Å²) in [4.78, 5) is 36.4. The van der Waals surface area contributed by atoms with E-state index in [1.165, 1.54) is 38.3 Å². The molecule has 0 radical (unpaired) electrons. The van der Waals surface area contributed by atoms with Crippen molar-refractivity contribution >= 4 is 44.3 Å². The van der Waals surface area contributed by atoms with Gasteiger partial charge in [0.2, 0.25) is 10.0 Å². The van der Waals surface area contributed by atoms with Crippen LogP contribution in [0, 0.1) is 0 Å². The number of anilines is 1. The Balaban J connectivity index is 2.17. The van der Waals surface area contributed by atoms with Crippen LogP contribution in [0.4, 0.5) is 5.00 Å². The molecular formula is C19H22N2O9S2. The zero-order valence-electron chi connectivity index (χ0n) is 17.7. The van der Waals surface area contributed by atoms with Gasteiger partial charge in [-0.2, -0.15) is 4.72 Å². The SMILES string of the molecule is COC(=O)c1sc(N)c(C(=O)OC)c1COC(=O)C(C)NS(=O)(=O)c1ccc(OC)cc1. The van der Waals surface area contributed by atoms with E-state index in [0.717, 1.165) is 25.6 Å². The monoisotopic (exact) mass is 486 g/mol. The maximum absolute atomic E-state index is 12.5. The quantitative estimate of drug-likeness (QED) is 0.391. The maximum Gasteiger partial charge on any atom is 0.348 e. The van der Waals surface area contributed by atoms with Gasteiger partial charge in [-0.25, -0.2) is 18.0 Å². The minimum absolute atomic E-state index is 0.00441. The summed E-state index contributed by atoms with van der Waals surface area (Å²) in [5.74, 6) is -2.09. The number of rotatable bonds is 9. The molecule has 0 saturated heterocycles.